The fourth-order valence-corrected chi connectivity index (χ4v) is 1.18. The summed E-state index contributed by atoms with van der Waals surface area (Å²) in [6.45, 7) is 0.464. The fraction of sp³-hybridized carbons (Fsp3) is 0.111. The second-order valence-electron chi connectivity index (χ2n) is 2.73. The van der Waals surface area contributed by atoms with E-state index < -0.39 is 0 Å². The maximum absolute atomic E-state index is 5.49. The van der Waals surface area contributed by atoms with Crippen molar-refractivity contribution in [2.45, 2.75) is 6.54 Å². The first-order valence-electron chi connectivity index (χ1n) is 4.04. The lowest BCUT2D eigenvalue weighted by atomic mass is 10.1. The van der Waals surface area contributed by atoms with Crippen LogP contribution in [-0.2, 0) is 6.54 Å². The molecule has 0 spiro atoms. The highest BCUT2D eigenvalue weighted by Gasteiger charge is 1.99. The number of nitrogens with two attached hydrogens (primary N) is 1. The predicted octanol–water partition coefficient (Wildman–Crippen LogP) is 0.930. The van der Waals surface area contributed by atoms with Crippen molar-refractivity contribution in [1.82, 2.24) is 15.2 Å². The van der Waals surface area contributed by atoms with E-state index in [1.807, 2.05) is 18.3 Å². The highest BCUT2D eigenvalue weighted by atomic mass is 15.1. The first-order valence-corrected chi connectivity index (χ1v) is 4.04. The standard InChI is InChI=1S/C9H10N4/c10-4-9-3-7(1-2-11-9)8-5-12-13-6-8/h1-3,5-6H,4,10H2,(H,12,13). The van der Waals surface area contributed by atoms with Crippen LogP contribution in [0.15, 0.2) is 30.7 Å². The molecule has 2 aromatic heterocycles. The van der Waals surface area contributed by atoms with E-state index in [9.17, 15) is 0 Å². The molecule has 0 aliphatic heterocycles. The lowest BCUT2D eigenvalue weighted by Gasteiger charge is -1.98. The molecule has 0 saturated heterocycles. The molecule has 13 heavy (non-hydrogen) atoms. The van der Waals surface area contributed by atoms with Crippen LogP contribution in [0.3, 0.4) is 0 Å². The van der Waals surface area contributed by atoms with Crippen molar-refractivity contribution >= 4 is 0 Å². The van der Waals surface area contributed by atoms with Gasteiger partial charge in [-0.3, -0.25) is 10.1 Å². The van der Waals surface area contributed by atoms with Crippen molar-refractivity contribution in [3.63, 3.8) is 0 Å². The molecule has 4 heteroatoms. The van der Waals surface area contributed by atoms with Crippen molar-refractivity contribution in [3.05, 3.63) is 36.4 Å². The molecule has 0 unspecified atom stereocenters. The van der Waals surface area contributed by atoms with Crippen LogP contribution in [0, 0.1) is 0 Å². The lowest BCUT2D eigenvalue weighted by Crippen LogP contribution is -1.98. The van der Waals surface area contributed by atoms with Gasteiger partial charge in [-0.25, -0.2) is 0 Å². The Labute approximate surface area is 75.8 Å². The van der Waals surface area contributed by atoms with Gasteiger partial charge in [0.05, 0.1) is 11.9 Å². The third kappa shape index (κ3) is 1.57. The van der Waals surface area contributed by atoms with Crippen molar-refractivity contribution in [1.29, 1.82) is 0 Å². The van der Waals surface area contributed by atoms with Crippen molar-refractivity contribution in [3.8, 4) is 11.1 Å². The van der Waals surface area contributed by atoms with Crippen LogP contribution in [-0.4, -0.2) is 15.2 Å². The molecule has 3 N–H and O–H groups in total. The van der Waals surface area contributed by atoms with Crippen molar-refractivity contribution in [2.24, 2.45) is 5.73 Å². The molecular weight excluding hydrogens is 164 g/mol. The quantitative estimate of drug-likeness (QED) is 0.711. The van der Waals surface area contributed by atoms with Crippen molar-refractivity contribution in [2.75, 3.05) is 0 Å². The van der Waals surface area contributed by atoms with Crippen LogP contribution in [0.5, 0.6) is 0 Å². The summed E-state index contributed by atoms with van der Waals surface area (Å²) in [4.78, 5) is 4.11. The van der Waals surface area contributed by atoms with E-state index >= 15 is 0 Å². The third-order valence-electron chi connectivity index (χ3n) is 1.86. The topological polar surface area (TPSA) is 67.6 Å². The van der Waals surface area contributed by atoms with E-state index in [0.29, 0.717) is 6.54 Å². The van der Waals surface area contributed by atoms with Gasteiger partial charge >= 0.3 is 0 Å². The molecule has 0 amide bonds. The van der Waals surface area contributed by atoms with Gasteiger partial charge in [-0.05, 0) is 17.7 Å². The molecule has 0 radical (unpaired) electrons. The maximum Gasteiger partial charge on any atom is 0.0565 e. The minimum Gasteiger partial charge on any atom is -0.325 e. The normalized spacial score (nSPS) is 10.2. The Morgan fingerprint density at radius 2 is 2.31 bits per heavy atom. The second-order valence-corrected chi connectivity index (χ2v) is 2.73. The van der Waals surface area contributed by atoms with Gasteiger partial charge in [0, 0.05) is 24.5 Å². The van der Waals surface area contributed by atoms with Gasteiger partial charge in [0.25, 0.3) is 0 Å². The Kier molecular flexibility index (Phi) is 2.06. The number of nitrogens with one attached hydrogen (secondary N) is 1. The molecule has 2 rings (SSSR count). The van der Waals surface area contributed by atoms with E-state index in [0.717, 1.165) is 16.8 Å². The van der Waals surface area contributed by atoms with Gasteiger partial charge in [0.2, 0.25) is 0 Å². The van der Waals surface area contributed by atoms with Gasteiger partial charge in [-0.1, -0.05) is 0 Å². The summed E-state index contributed by atoms with van der Waals surface area (Å²) in [5, 5.41) is 6.64. The minimum atomic E-state index is 0.464. The zero-order chi connectivity index (χ0) is 9.10. The van der Waals surface area contributed by atoms with Gasteiger partial charge in [-0.2, -0.15) is 5.10 Å². The Balaban J connectivity index is 2.41. The average molecular weight is 174 g/mol. The summed E-state index contributed by atoms with van der Waals surface area (Å²) < 4.78 is 0. The molecule has 0 fully saturated rings. The van der Waals surface area contributed by atoms with Crippen LogP contribution < -0.4 is 5.73 Å². The van der Waals surface area contributed by atoms with Crippen LogP contribution in [0.2, 0.25) is 0 Å². The fourth-order valence-electron chi connectivity index (χ4n) is 1.18. The van der Waals surface area contributed by atoms with E-state index in [-0.39, 0.29) is 0 Å². The minimum absolute atomic E-state index is 0.464. The second kappa shape index (κ2) is 3.37. The SMILES string of the molecule is NCc1cc(-c2cn[nH]c2)ccn1. The maximum atomic E-state index is 5.49. The lowest BCUT2D eigenvalue weighted by molar-refractivity contribution is 0.992. The smallest absolute Gasteiger partial charge is 0.0565 e. The van der Waals surface area contributed by atoms with Crippen LogP contribution in [0.1, 0.15) is 5.69 Å². The summed E-state index contributed by atoms with van der Waals surface area (Å²) in [7, 11) is 0. The molecule has 0 aliphatic rings. The Bertz CT molecular complexity index is 380. The first-order chi connectivity index (χ1) is 6.40. The van der Waals surface area contributed by atoms with E-state index in [1.165, 1.54) is 0 Å². The largest absolute Gasteiger partial charge is 0.325 e. The van der Waals surface area contributed by atoms with Crippen LogP contribution in [0.25, 0.3) is 11.1 Å². The van der Waals surface area contributed by atoms with Gasteiger partial charge in [0.1, 0.15) is 0 Å². The van der Waals surface area contributed by atoms with Crippen LogP contribution >= 0.6 is 0 Å². The highest BCUT2D eigenvalue weighted by molar-refractivity contribution is 5.61. The molecule has 0 aliphatic carbocycles. The first kappa shape index (κ1) is 7.94. The molecule has 2 aromatic rings. The molecule has 0 atom stereocenters. The number of rotatable bonds is 2. The Morgan fingerprint density at radius 1 is 1.38 bits per heavy atom. The molecule has 2 heterocycles. The van der Waals surface area contributed by atoms with Crippen LogP contribution in [0.4, 0.5) is 0 Å². The van der Waals surface area contributed by atoms with Gasteiger partial charge < -0.3 is 5.73 Å². The number of H-pyrrole nitrogens is 1. The number of hydrogen-bond acceptors (Lipinski definition) is 3. The molecule has 66 valence electrons. The summed E-state index contributed by atoms with van der Waals surface area (Å²) in [5.74, 6) is 0. The number of pyridine rings is 1. The Hall–Kier alpha value is -1.68. The molecule has 0 saturated carbocycles. The van der Waals surface area contributed by atoms with Crippen molar-refractivity contribution < 1.29 is 0 Å². The number of hydrogen-bond donors (Lipinski definition) is 2. The van der Waals surface area contributed by atoms with Gasteiger partial charge in [0.15, 0.2) is 0 Å². The van der Waals surface area contributed by atoms with Gasteiger partial charge in [-0.15, -0.1) is 0 Å². The zero-order valence-electron chi connectivity index (χ0n) is 7.07. The summed E-state index contributed by atoms with van der Waals surface area (Å²) in [6, 6.07) is 3.90. The highest BCUT2D eigenvalue weighted by Crippen LogP contribution is 2.16. The average Bonchev–Trinajstić information content (AvgIpc) is 2.71. The molecule has 0 aromatic carbocycles. The molecular formula is C9H10N4. The predicted molar refractivity (Wildman–Crippen MR) is 49.7 cm³/mol. The zero-order valence-corrected chi connectivity index (χ0v) is 7.07. The number of nitrogens with zero attached hydrogens (tertiary/aromatic N) is 2. The van der Waals surface area contributed by atoms with E-state index in [1.54, 1.807) is 12.4 Å². The van der Waals surface area contributed by atoms with E-state index in [2.05, 4.69) is 15.2 Å². The van der Waals surface area contributed by atoms with E-state index in [4.69, 9.17) is 5.73 Å². The molecule has 0 bridgehead atoms. The summed E-state index contributed by atoms with van der Waals surface area (Å²) in [5.41, 5.74) is 8.51. The molecule has 4 nitrogen and oxygen atoms in total. The Morgan fingerprint density at radius 3 is 3.00 bits per heavy atom. The number of aromatic amines is 1. The number of aromatic nitrogens is 3. The summed E-state index contributed by atoms with van der Waals surface area (Å²) >= 11 is 0. The monoisotopic (exact) mass is 174 g/mol. The summed E-state index contributed by atoms with van der Waals surface area (Å²) in [6.07, 6.45) is 5.37. The third-order valence-corrected chi connectivity index (χ3v) is 1.86.